The van der Waals surface area contributed by atoms with Crippen molar-refractivity contribution in [3.63, 3.8) is 0 Å². The highest BCUT2D eigenvalue weighted by Crippen LogP contribution is 2.44. The number of nitriles is 2. The summed E-state index contributed by atoms with van der Waals surface area (Å²) < 4.78 is 4.75. The van der Waals surface area contributed by atoms with Crippen LogP contribution in [-0.2, 0) is 0 Å². The number of rotatable bonds is 2. The summed E-state index contributed by atoms with van der Waals surface area (Å²) in [5, 5.41) is 28.4. The fraction of sp³-hybridized carbons (Fsp3) is 0. The molecule has 0 bridgehead atoms. The molecule has 0 saturated carbocycles. The quantitative estimate of drug-likeness (QED) is 0.206. The molecule has 0 atom stereocenters. The Morgan fingerprint density at radius 3 is 2.12 bits per heavy atom. The van der Waals surface area contributed by atoms with E-state index in [2.05, 4.69) is 112 Å². The van der Waals surface area contributed by atoms with Crippen LogP contribution in [-0.4, -0.2) is 8.97 Å². The smallest absolute Gasteiger partial charge is 0.131 e. The van der Waals surface area contributed by atoms with Crippen LogP contribution in [0.15, 0.2) is 109 Å². The second-order valence-electron chi connectivity index (χ2n) is 10.4. The average molecular weight is 539 g/mol. The molecule has 0 aliphatic heterocycles. The molecule has 4 heterocycles. The maximum atomic E-state index is 9.38. The van der Waals surface area contributed by atoms with Crippen LogP contribution in [0.2, 0.25) is 0 Å². The van der Waals surface area contributed by atoms with Gasteiger partial charge in [0.05, 0.1) is 22.1 Å². The topological polar surface area (TPSA) is 56.9 Å². The molecule has 0 aliphatic carbocycles. The molecule has 0 radical (unpaired) electrons. The Balaban J connectivity index is 1.44. The summed E-state index contributed by atoms with van der Waals surface area (Å²) in [6.07, 6.45) is 1.69. The lowest BCUT2D eigenvalue weighted by molar-refractivity contribution is 1.18. The molecule has 9 aromatic rings. The first-order valence-corrected chi connectivity index (χ1v) is 14.2. The SMILES string of the molecule is N#CC(C#N)=Cc1cc2c3cccc4ccc5c6cc(-n7c8ccccc8c8ccccc87)ccc6n(c2s1)c5c43. The van der Waals surface area contributed by atoms with Gasteiger partial charge in [-0.1, -0.05) is 66.7 Å². The van der Waals surface area contributed by atoms with Crippen LogP contribution < -0.4 is 0 Å². The molecule has 0 aliphatic rings. The molecule has 0 saturated heterocycles. The minimum absolute atomic E-state index is 0.109. The molecule has 41 heavy (non-hydrogen) atoms. The van der Waals surface area contributed by atoms with Gasteiger partial charge in [-0.15, -0.1) is 11.3 Å². The molecule has 0 N–H and O–H groups in total. The summed E-state index contributed by atoms with van der Waals surface area (Å²) >= 11 is 1.62. The number of hydrogen-bond donors (Lipinski definition) is 0. The zero-order valence-electron chi connectivity index (χ0n) is 21.6. The Morgan fingerprint density at radius 2 is 1.37 bits per heavy atom. The zero-order chi connectivity index (χ0) is 27.2. The van der Waals surface area contributed by atoms with Crippen LogP contribution in [0.4, 0.5) is 0 Å². The largest absolute Gasteiger partial charge is 0.309 e. The Labute approximate surface area is 237 Å². The van der Waals surface area contributed by atoms with Gasteiger partial charge in [-0.05, 0) is 53.2 Å². The highest BCUT2D eigenvalue weighted by Gasteiger charge is 2.21. The van der Waals surface area contributed by atoms with Crippen molar-refractivity contribution in [3.05, 3.63) is 114 Å². The number of hydrogen-bond acceptors (Lipinski definition) is 3. The average Bonchev–Trinajstić information content (AvgIpc) is 3.69. The lowest BCUT2D eigenvalue weighted by Gasteiger charge is -2.10. The molecule has 0 amide bonds. The van der Waals surface area contributed by atoms with Gasteiger partial charge in [-0.3, -0.25) is 4.40 Å². The molecule has 5 aromatic carbocycles. The van der Waals surface area contributed by atoms with Gasteiger partial charge in [0.1, 0.15) is 22.5 Å². The number of nitrogens with zero attached hydrogens (tertiary/aromatic N) is 4. The van der Waals surface area contributed by atoms with E-state index in [1.54, 1.807) is 17.4 Å². The first-order valence-electron chi connectivity index (χ1n) is 13.4. The van der Waals surface area contributed by atoms with Crippen molar-refractivity contribution in [2.24, 2.45) is 0 Å². The maximum Gasteiger partial charge on any atom is 0.131 e. The fourth-order valence-corrected chi connectivity index (χ4v) is 7.84. The van der Waals surface area contributed by atoms with Crippen molar-refractivity contribution >= 4 is 87.4 Å². The number of thiophene rings is 1. The van der Waals surface area contributed by atoms with E-state index in [0.717, 1.165) is 26.3 Å². The Hall–Kier alpha value is -5.62. The molecule has 0 unspecified atom stereocenters. The molecular weight excluding hydrogens is 520 g/mol. The molecular formula is C36H18N4S. The molecule has 188 valence electrons. The van der Waals surface area contributed by atoms with Gasteiger partial charge in [0.15, 0.2) is 0 Å². The summed E-state index contributed by atoms with van der Waals surface area (Å²) in [5.41, 5.74) is 5.97. The lowest BCUT2D eigenvalue weighted by Crippen LogP contribution is -1.93. The van der Waals surface area contributed by atoms with Crippen LogP contribution in [0, 0.1) is 22.7 Å². The molecule has 4 nitrogen and oxygen atoms in total. The maximum absolute atomic E-state index is 9.38. The van der Waals surface area contributed by atoms with Crippen molar-refractivity contribution in [2.45, 2.75) is 0 Å². The third-order valence-corrected chi connectivity index (χ3v) is 9.41. The van der Waals surface area contributed by atoms with E-state index in [-0.39, 0.29) is 5.57 Å². The highest BCUT2D eigenvalue weighted by atomic mass is 32.1. The highest BCUT2D eigenvalue weighted by molar-refractivity contribution is 7.19. The summed E-state index contributed by atoms with van der Waals surface area (Å²) in [6.45, 7) is 0. The van der Waals surface area contributed by atoms with Gasteiger partial charge in [0.2, 0.25) is 0 Å². The first kappa shape index (κ1) is 22.2. The fourth-order valence-electron chi connectivity index (χ4n) is 6.70. The number of para-hydroxylation sites is 2. The molecule has 9 rings (SSSR count). The third-order valence-electron chi connectivity index (χ3n) is 8.34. The van der Waals surface area contributed by atoms with E-state index in [0.29, 0.717) is 0 Å². The van der Waals surface area contributed by atoms with Crippen molar-refractivity contribution in [2.75, 3.05) is 0 Å². The van der Waals surface area contributed by atoms with Gasteiger partial charge in [-0.2, -0.15) is 10.5 Å². The molecule has 0 fully saturated rings. The van der Waals surface area contributed by atoms with Crippen LogP contribution in [0.1, 0.15) is 4.88 Å². The number of benzene rings is 5. The molecule has 0 spiro atoms. The predicted molar refractivity (Wildman–Crippen MR) is 170 cm³/mol. The van der Waals surface area contributed by atoms with E-state index in [1.807, 2.05) is 12.1 Å². The van der Waals surface area contributed by atoms with Gasteiger partial charge < -0.3 is 4.57 Å². The number of fused-ring (bicyclic) bond motifs is 9. The predicted octanol–water partition coefficient (Wildman–Crippen LogP) is 9.58. The second kappa shape index (κ2) is 7.96. The van der Waals surface area contributed by atoms with E-state index < -0.39 is 0 Å². The Kier molecular flexibility index (Phi) is 4.31. The van der Waals surface area contributed by atoms with Crippen molar-refractivity contribution in [1.82, 2.24) is 8.97 Å². The summed E-state index contributed by atoms with van der Waals surface area (Å²) in [5.74, 6) is 0. The molecule has 5 heteroatoms. The monoisotopic (exact) mass is 538 g/mol. The van der Waals surface area contributed by atoms with Crippen molar-refractivity contribution < 1.29 is 0 Å². The van der Waals surface area contributed by atoms with E-state index >= 15 is 0 Å². The minimum Gasteiger partial charge on any atom is -0.309 e. The third kappa shape index (κ3) is 2.85. The minimum atomic E-state index is 0.109. The van der Waals surface area contributed by atoms with Gasteiger partial charge >= 0.3 is 0 Å². The summed E-state index contributed by atoms with van der Waals surface area (Å²) in [6, 6.07) is 41.0. The lowest BCUT2D eigenvalue weighted by atomic mass is 10.00. The number of allylic oxidation sites excluding steroid dienone is 1. The Morgan fingerprint density at radius 1 is 0.634 bits per heavy atom. The van der Waals surface area contributed by atoms with Crippen molar-refractivity contribution in [1.29, 1.82) is 10.5 Å². The number of pyridine rings is 1. The van der Waals surface area contributed by atoms with E-state index in [4.69, 9.17) is 0 Å². The van der Waals surface area contributed by atoms with E-state index in [9.17, 15) is 10.5 Å². The van der Waals surface area contributed by atoms with Crippen LogP contribution in [0.3, 0.4) is 0 Å². The Bertz CT molecular complexity index is 2600. The van der Waals surface area contributed by atoms with Crippen LogP contribution in [0.25, 0.3) is 81.8 Å². The summed E-state index contributed by atoms with van der Waals surface area (Å²) in [4.78, 5) is 2.01. The van der Waals surface area contributed by atoms with Crippen molar-refractivity contribution in [3.8, 4) is 17.8 Å². The number of aromatic nitrogens is 2. The van der Waals surface area contributed by atoms with Crippen LogP contribution >= 0.6 is 11.3 Å². The van der Waals surface area contributed by atoms with Gasteiger partial charge in [-0.25, -0.2) is 0 Å². The zero-order valence-corrected chi connectivity index (χ0v) is 22.4. The van der Waals surface area contributed by atoms with Gasteiger partial charge in [0, 0.05) is 42.9 Å². The van der Waals surface area contributed by atoms with Crippen LogP contribution in [0.5, 0.6) is 0 Å². The van der Waals surface area contributed by atoms with Gasteiger partial charge in [0.25, 0.3) is 0 Å². The second-order valence-corrected chi connectivity index (χ2v) is 11.5. The summed E-state index contributed by atoms with van der Waals surface area (Å²) in [7, 11) is 0. The molecule has 4 aromatic heterocycles. The van der Waals surface area contributed by atoms with E-state index in [1.165, 1.54) is 54.3 Å². The normalized spacial score (nSPS) is 11.9. The standard InChI is InChI=1S/C36H18N4S/c37-19-21(20-38)16-24-18-30-27-9-5-6-22-12-14-28-29-17-23(13-15-33(29)40(36(30)41-24)35(28)34(22)27)39-31-10-3-1-7-25(31)26-8-2-4-11-32(26)39/h1-18H. The first-order chi connectivity index (χ1) is 20.2.